The van der Waals surface area contributed by atoms with E-state index in [0.717, 1.165) is 12.1 Å². The highest BCUT2D eigenvalue weighted by atomic mass is 14.6. The van der Waals surface area contributed by atoms with Crippen LogP contribution in [-0.2, 0) is 6.42 Å². The van der Waals surface area contributed by atoms with Crippen molar-refractivity contribution < 1.29 is 0 Å². The van der Waals surface area contributed by atoms with Crippen LogP contribution in [0.3, 0.4) is 0 Å². The molecule has 0 saturated heterocycles. The number of nitrogen functional groups attached to an aromatic ring is 1. The molecule has 0 aromatic heterocycles. The van der Waals surface area contributed by atoms with Crippen LogP contribution in [0.15, 0.2) is 54.6 Å². The van der Waals surface area contributed by atoms with Crippen molar-refractivity contribution in [3.63, 3.8) is 0 Å². The molecule has 1 nitrogen and oxygen atoms in total. The SMILES string of the molecule is Nc1ccc2c3c(cccc13)Cc1ccccc1-2. The molecule has 3 aromatic carbocycles. The minimum Gasteiger partial charge on any atom is -0.398 e. The fourth-order valence-electron chi connectivity index (χ4n) is 3.02. The fourth-order valence-corrected chi connectivity index (χ4v) is 3.02. The summed E-state index contributed by atoms with van der Waals surface area (Å²) in [4.78, 5) is 0. The average Bonchev–Trinajstić information content (AvgIpc) is 2.42. The van der Waals surface area contributed by atoms with Gasteiger partial charge in [-0.15, -0.1) is 0 Å². The largest absolute Gasteiger partial charge is 0.398 e. The molecule has 0 unspecified atom stereocenters. The predicted octanol–water partition coefficient (Wildman–Crippen LogP) is 3.99. The molecule has 1 aliphatic carbocycles. The second-order valence-electron chi connectivity index (χ2n) is 4.88. The van der Waals surface area contributed by atoms with Crippen LogP contribution in [0, 0.1) is 0 Å². The maximum atomic E-state index is 6.09. The van der Waals surface area contributed by atoms with Crippen molar-refractivity contribution in [3.05, 3.63) is 65.7 Å². The zero-order chi connectivity index (χ0) is 12.1. The summed E-state index contributed by atoms with van der Waals surface area (Å²) in [6.45, 7) is 0. The Morgan fingerprint density at radius 2 is 1.56 bits per heavy atom. The van der Waals surface area contributed by atoms with E-state index in [1.54, 1.807) is 0 Å². The molecule has 3 aromatic rings. The lowest BCUT2D eigenvalue weighted by Crippen LogP contribution is -2.02. The first-order valence-electron chi connectivity index (χ1n) is 6.23. The summed E-state index contributed by atoms with van der Waals surface area (Å²) >= 11 is 0. The molecule has 86 valence electrons. The highest BCUT2D eigenvalue weighted by molar-refractivity contribution is 6.06. The van der Waals surface area contributed by atoms with E-state index < -0.39 is 0 Å². The molecule has 0 heterocycles. The Hall–Kier alpha value is -2.28. The van der Waals surface area contributed by atoms with Gasteiger partial charge in [-0.25, -0.2) is 0 Å². The third-order valence-corrected chi connectivity index (χ3v) is 3.85. The second kappa shape index (κ2) is 3.36. The summed E-state index contributed by atoms with van der Waals surface area (Å²) in [5.41, 5.74) is 12.4. The number of hydrogen-bond donors (Lipinski definition) is 1. The molecule has 0 fully saturated rings. The Kier molecular flexibility index (Phi) is 1.81. The van der Waals surface area contributed by atoms with E-state index in [1.807, 2.05) is 6.07 Å². The van der Waals surface area contributed by atoms with Crippen molar-refractivity contribution in [2.75, 3.05) is 5.73 Å². The molecular weight excluding hydrogens is 218 g/mol. The van der Waals surface area contributed by atoms with Crippen molar-refractivity contribution in [2.24, 2.45) is 0 Å². The van der Waals surface area contributed by atoms with Crippen molar-refractivity contribution in [1.82, 2.24) is 0 Å². The molecule has 1 aliphatic rings. The van der Waals surface area contributed by atoms with Gasteiger partial charge in [0.1, 0.15) is 0 Å². The molecule has 0 amide bonds. The fraction of sp³-hybridized carbons (Fsp3) is 0.0588. The van der Waals surface area contributed by atoms with Crippen LogP contribution >= 0.6 is 0 Å². The summed E-state index contributed by atoms with van der Waals surface area (Å²) in [6.07, 6.45) is 1.00. The van der Waals surface area contributed by atoms with Gasteiger partial charge in [0.05, 0.1) is 0 Å². The first-order chi connectivity index (χ1) is 8.84. The number of benzene rings is 3. The third-order valence-electron chi connectivity index (χ3n) is 3.85. The quantitative estimate of drug-likeness (QED) is 0.455. The Balaban J connectivity index is 2.22. The molecule has 1 heteroatoms. The monoisotopic (exact) mass is 231 g/mol. The van der Waals surface area contributed by atoms with Gasteiger partial charge in [0.25, 0.3) is 0 Å². The van der Waals surface area contributed by atoms with Gasteiger partial charge < -0.3 is 5.73 Å². The number of rotatable bonds is 0. The Morgan fingerprint density at radius 3 is 2.50 bits per heavy atom. The number of hydrogen-bond acceptors (Lipinski definition) is 1. The first kappa shape index (κ1) is 9.72. The summed E-state index contributed by atoms with van der Waals surface area (Å²) in [6, 6.07) is 19.2. The smallest absolute Gasteiger partial charge is 0.0394 e. The van der Waals surface area contributed by atoms with E-state index in [-0.39, 0.29) is 0 Å². The van der Waals surface area contributed by atoms with Gasteiger partial charge in [-0.2, -0.15) is 0 Å². The minimum absolute atomic E-state index is 0.870. The maximum absolute atomic E-state index is 6.09. The predicted molar refractivity (Wildman–Crippen MR) is 76.6 cm³/mol. The summed E-state index contributed by atoms with van der Waals surface area (Å²) < 4.78 is 0. The second-order valence-corrected chi connectivity index (χ2v) is 4.88. The van der Waals surface area contributed by atoms with Crippen molar-refractivity contribution in [1.29, 1.82) is 0 Å². The minimum atomic E-state index is 0.870. The zero-order valence-electron chi connectivity index (χ0n) is 9.98. The Morgan fingerprint density at radius 1 is 0.722 bits per heavy atom. The van der Waals surface area contributed by atoms with E-state index in [1.165, 1.54) is 33.0 Å². The molecule has 0 saturated carbocycles. The Bertz CT molecular complexity index is 772. The topological polar surface area (TPSA) is 26.0 Å². The molecule has 0 aliphatic heterocycles. The number of fused-ring (bicyclic) bond motifs is 2. The van der Waals surface area contributed by atoms with Crippen molar-refractivity contribution in [2.45, 2.75) is 6.42 Å². The number of nitrogens with two attached hydrogens (primary N) is 1. The van der Waals surface area contributed by atoms with Gasteiger partial charge in [0.2, 0.25) is 0 Å². The first-order valence-corrected chi connectivity index (χ1v) is 6.23. The van der Waals surface area contributed by atoms with Gasteiger partial charge in [-0.3, -0.25) is 0 Å². The van der Waals surface area contributed by atoms with Gasteiger partial charge >= 0.3 is 0 Å². The van der Waals surface area contributed by atoms with E-state index in [2.05, 4.69) is 48.5 Å². The highest BCUT2D eigenvalue weighted by Crippen LogP contribution is 2.40. The Labute approximate surface area is 106 Å². The van der Waals surface area contributed by atoms with Crippen LogP contribution < -0.4 is 5.73 Å². The van der Waals surface area contributed by atoms with E-state index in [9.17, 15) is 0 Å². The third kappa shape index (κ3) is 1.16. The lowest BCUT2D eigenvalue weighted by Gasteiger charge is -2.21. The van der Waals surface area contributed by atoms with Crippen molar-refractivity contribution >= 4 is 16.5 Å². The lowest BCUT2D eigenvalue weighted by molar-refractivity contribution is 1.20. The zero-order valence-corrected chi connectivity index (χ0v) is 9.98. The van der Waals surface area contributed by atoms with Crippen LogP contribution in [-0.4, -0.2) is 0 Å². The van der Waals surface area contributed by atoms with E-state index >= 15 is 0 Å². The standard InChI is InChI=1S/C17H13N/c18-16-9-8-14-13-6-2-1-4-11(13)10-12-5-3-7-15(16)17(12)14/h1-9H,10,18H2. The average molecular weight is 231 g/mol. The van der Waals surface area contributed by atoms with Crippen LogP contribution in [0.5, 0.6) is 0 Å². The maximum Gasteiger partial charge on any atom is 0.0394 e. The summed E-state index contributed by atoms with van der Waals surface area (Å²) in [5, 5.41) is 2.51. The van der Waals surface area contributed by atoms with Gasteiger partial charge in [0.15, 0.2) is 0 Å². The summed E-state index contributed by atoms with van der Waals surface area (Å²) in [5.74, 6) is 0. The molecule has 2 N–H and O–H groups in total. The van der Waals surface area contributed by atoms with Gasteiger partial charge in [0, 0.05) is 11.1 Å². The molecule has 0 radical (unpaired) electrons. The highest BCUT2D eigenvalue weighted by Gasteiger charge is 2.18. The molecule has 4 rings (SSSR count). The van der Waals surface area contributed by atoms with Gasteiger partial charge in [-0.05, 0) is 40.1 Å². The summed E-state index contributed by atoms with van der Waals surface area (Å²) in [7, 11) is 0. The molecule has 18 heavy (non-hydrogen) atoms. The molecule has 0 spiro atoms. The molecule has 0 atom stereocenters. The molecular formula is C17H13N. The van der Waals surface area contributed by atoms with Crippen LogP contribution in [0.1, 0.15) is 11.1 Å². The lowest BCUT2D eigenvalue weighted by atomic mass is 9.83. The number of anilines is 1. The molecule has 0 bridgehead atoms. The normalized spacial score (nSPS) is 12.4. The van der Waals surface area contributed by atoms with Crippen LogP contribution in [0.4, 0.5) is 5.69 Å². The van der Waals surface area contributed by atoms with E-state index in [4.69, 9.17) is 5.73 Å². The van der Waals surface area contributed by atoms with Crippen molar-refractivity contribution in [3.8, 4) is 11.1 Å². The van der Waals surface area contributed by atoms with Crippen LogP contribution in [0.25, 0.3) is 21.9 Å². The van der Waals surface area contributed by atoms with Gasteiger partial charge in [-0.1, -0.05) is 48.5 Å². The van der Waals surface area contributed by atoms with E-state index in [0.29, 0.717) is 0 Å². The van der Waals surface area contributed by atoms with Crippen LogP contribution in [0.2, 0.25) is 0 Å².